The standard InChI is InChI=1S/C10H8BrClOS/c1-6-4-7(5-13-6)9(12)10-8(11)2-3-14-10/h2-5,9H,1H3. The first-order valence-corrected chi connectivity index (χ1v) is 6.21. The molecule has 0 saturated heterocycles. The number of hydrogen-bond acceptors (Lipinski definition) is 2. The van der Waals surface area contributed by atoms with Crippen LogP contribution < -0.4 is 0 Å². The third kappa shape index (κ3) is 1.90. The maximum atomic E-state index is 6.31. The second kappa shape index (κ2) is 4.09. The lowest BCUT2D eigenvalue weighted by atomic mass is 10.2. The van der Waals surface area contributed by atoms with Crippen LogP contribution in [0.3, 0.4) is 0 Å². The van der Waals surface area contributed by atoms with E-state index in [4.69, 9.17) is 16.0 Å². The van der Waals surface area contributed by atoms with E-state index in [1.807, 2.05) is 24.4 Å². The molecule has 14 heavy (non-hydrogen) atoms. The van der Waals surface area contributed by atoms with Gasteiger partial charge in [0.25, 0.3) is 0 Å². The van der Waals surface area contributed by atoms with Gasteiger partial charge in [0.2, 0.25) is 0 Å². The topological polar surface area (TPSA) is 13.1 Å². The average Bonchev–Trinajstić information content (AvgIpc) is 2.73. The summed E-state index contributed by atoms with van der Waals surface area (Å²) in [5.41, 5.74) is 1.01. The third-order valence-electron chi connectivity index (χ3n) is 1.92. The van der Waals surface area contributed by atoms with Gasteiger partial charge in [0, 0.05) is 14.9 Å². The molecule has 0 spiro atoms. The van der Waals surface area contributed by atoms with E-state index in [0.29, 0.717) is 0 Å². The highest BCUT2D eigenvalue weighted by Crippen LogP contribution is 2.37. The summed E-state index contributed by atoms with van der Waals surface area (Å²) in [5.74, 6) is 0.887. The van der Waals surface area contributed by atoms with E-state index in [0.717, 1.165) is 20.7 Å². The van der Waals surface area contributed by atoms with Crippen LogP contribution in [0.4, 0.5) is 0 Å². The Kier molecular flexibility index (Phi) is 3.00. The molecular formula is C10H8BrClOS. The molecule has 2 aromatic heterocycles. The van der Waals surface area contributed by atoms with E-state index in [1.54, 1.807) is 17.6 Å². The first-order chi connectivity index (χ1) is 6.68. The summed E-state index contributed by atoms with van der Waals surface area (Å²) in [6.07, 6.45) is 1.71. The van der Waals surface area contributed by atoms with Crippen LogP contribution in [0.2, 0.25) is 0 Å². The number of halogens is 2. The van der Waals surface area contributed by atoms with Crippen molar-refractivity contribution in [1.82, 2.24) is 0 Å². The Morgan fingerprint density at radius 3 is 2.86 bits per heavy atom. The van der Waals surface area contributed by atoms with Crippen LogP contribution in [0.15, 0.2) is 32.7 Å². The van der Waals surface area contributed by atoms with Crippen molar-refractivity contribution in [2.24, 2.45) is 0 Å². The summed E-state index contributed by atoms with van der Waals surface area (Å²) >= 11 is 11.4. The number of thiophene rings is 1. The van der Waals surface area contributed by atoms with Crippen LogP contribution >= 0.6 is 38.9 Å². The van der Waals surface area contributed by atoms with Gasteiger partial charge in [-0.3, -0.25) is 0 Å². The Bertz CT molecular complexity index is 435. The van der Waals surface area contributed by atoms with Crippen molar-refractivity contribution in [2.45, 2.75) is 12.3 Å². The van der Waals surface area contributed by atoms with Gasteiger partial charge in [-0.25, -0.2) is 0 Å². The molecule has 1 atom stereocenters. The molecule has 2 aromatic rings. The van der Waals surface area contributed by atoms with Crippen molar-refractivity contribution in [2.75, 3.05) is 0 Å². The molecule has 4 heteroatoms. The molecule has 0 saturated carbocycles. The highest BCUT2D eigenvalue weighted by atomic mass is 79.9. The summed E-state index contributed by atoms with van der Waals surface area (Å²) in [6.45, 7) is 1.91. The van der Waals surface area contributed by atoms with Crippen molar-refractivity contribution in [1.29, 1.82) is 0 Å². The lowest BCUT2D eigenvalue weighted by Gasteiger charge is -2.04. The Hall–Kier alpha value is -0.250. The van der Waals surface area contributed by atoms with Crippen molar-refractivity contribution < 1.29 is 4.42 Å². The van der Waals surface area contributed by atoms with Gasteiger partial charge >= 0.3 is 0 Å². The zero-order valence-electron chi connectivity index (χ0n) is 7.46. The van der Waals surface area contributed by atoms with E-state index >= 15 is 0 Å². The Balaban J connectivity index is 2.33. The molecule has 0 fully saturated rings. The number of hydrogen-bond donors (Lipinski definition) is 0. The first-order valence-electron chi connectivity index (χ1n) is 4.10. The second-order valence-corrected chi connectivity index (χ2v) is 5.22. The summed E-state index contributed by atoms with van der Waals surface area (Å²) in [6, 6.07) is 3.96. The second-order valence-electron chi connectivity index (χ2n) is 2.99. The zero-order chi connectivity index (χ0) is 10.1. The summed E-state index contributed by atoms with van der Waals surface area (Å²) in [5, 5.41) is 1.89. The maximum absolute atomic E-state index is 6.31. The number of alkyl halides is 1. The minimum Gasteiger partial charge on any atom is -0.469 e. The molecular weight excluding hydrogens is 284 g/mol. The van der Waals surface area contributed by atoms with Crippen molar-refractivity contribution in [3.05, 3.63) is 44.4 Å². The molecule has 0 aliphatic carbocycles. The average molecular weight is 292 g/mol. The minimum absolute atomic E-state index is 0.123. The van der Waals surface area contributed by atoms with Crippen molar-refractivity contribution >= 4 is 38.9 Å². The molecule has 0 bridgehead atoms. The molecule has 74 valence electrons. The predicted octanol–water partition coefficient (Wildman–Crippen LogP) is 4.74. The monoisotopic (exact) mass is 290 g/mol. The Morgan fingerprint density at radius 1 is 1.57 bits per heavy atom. The summed E-state index contributed by atoms with van der Waals surface area (Å²) in [4.78, 5) is 1.12. The van der Waals surface area contributed by atoms with Crippen LogP contribution in [0.1, 0.15) is 21.6 Å². The minimum atomic E-state index is -0.123. The van der Waals surface area contributed by atoms with Crippen molar-refractivity contribution in [3.8, 4) is 0 Å². The quantitative estimate of drug-likeness (QED) is 0.728. The smallest absolute Gasteiger partial charge is 0.101 e. The summed E-state index contributed by atoms with van der Waals surface area (Å²) < 4.78 is 6.29. The molecule has 0 radical (unpaired) electrons. The number of rotatable bonds is 2. The predicted molar refractivity (Wildman–Crippen MR) is 63.2 cm³/mol. The van der Waals surface area contributed by atoms with Gasteiger partial charge in [0.1, 0.15) is 5.76 Å². The van der Waals surface area contributed by atoms with Crippen LogP contribution in [0, 0.1) is 6.92 Å². The molecule has 2 heterocycles. The van der Waals surface area contributed by atoms with Crippen molar-refractivity contribution in [3.63, 3.8) is 0 Å². The van der Waals surface area contributed by atoms with Gasteiger partial charge in [0.15, 0.2) is 0 Å². The Labute approximate surface area is 99.8 Å². The van der Waals surface area contributed by atoms with E-state index < -0.39 is 0 Å². The van der Waals surface area contributed by atoms with E-state index in [9.17, 15) is 0 Å². The Morgan fingerprint density at radius 2 is 2.36 bits per heavy atom. The van der Waals surface area contributed by atoms with Crippen LogP contribution in [-0.4, -0.2) is 0 Å². The fraction of sp³-hybridized carbons (Fsp3) is 0.200. The SMILES string of the molecule is Cc1cc(C(Cl)c2sccc2Br)co1. The molecule has 2 rings (SSSR count). The highest BCUT2D eigenvalue weighted by Gasteiger charge is 2.16. The fourth-order valence-electron chi connectivity index (χ4n) is 1.23. The number of aryl methyl sites for hydroxylation is 1. The van der Waals surface area contributed by atoms with E-state index in [1.165, 1.54) is 0 Å². The van der Waals surface area contributed by atoms with Gasteiger partial charge in [-0.15, -0.1) is 22.9 Å². The van der Waals surface area contributed by atoms with Crippen LogP contribution in [-0.2, 0) is 0 Å². The molecule has 1 nitrogen and oxygen atoms in total. The lowest BCUT2D eigenvalue weighted by Crippen LogP contribution is -1.87. The molecule has 1 unspecified atom stereocenters. The van der Waals surface area contributed by atoms with Crippen LogP contribution in [0.5, 0.6) is 0 Å². The molecule has 0 aromatic carbocycles. The van der Waals surface area contributed by atoms with Gasteiger partial charge in [0.05, 0.1) is 11.6 Å². The first kappa shape index (κ1) is 10.3. The van der Waals surface area contributed by atoms with Gasteiger partial charge in [-0.05, 0) is 40.4 Å². The third-order valence-corrected chi connectivity index (χ3v) is 4.45. The van der Waals surface area contributed by atoms with Gasteiger partial charge < -0.3 is 4.42 Å². The zero-order valence-corrected chi connectivity index (χ0v) is 10.6. The normalized spacial score (nSPS) is 13.1. The number of furan rings is 1. The largest absolute Gasteiger partial charge is 0.469 e. The summed E-state index contributed by atoms with van der Waals surface area (Å²) in [7, 11) is 0. The molecule has 0 N–H and O–H groups in total. The maximum Gasteiger partial charge on any atom is 0.101 e. The highest BCUT2D eigenvalue weighted by molar-refractivity contribution is 9.10. The van der Waals surface area contributed by atoms with E-state index in [2.05, 4.69) is 15.9 Å². The van der Waals surface area contributed by atoms with Gasteiger partial charge in [-0.1, -0.05) is 0 Å². The van der Waals surface area contributed by atoms with Crippen LogP contribution in [0.25, 0.3) is 0 Å². The molecule has 0 aliphatic heterocycles. The van der Waals surface area contributed by atoms with E-state index in [-0.39, 0.29) is 5.38 Å². The molecule has 0 amide bonds. The lowest BCUT2D eigenvalue weighted by molar-refractivity contribution is 0.532. The molecule has 0 aliphatic rings. The fourth-order valence-corrected chi connectivity index (χ4v) is 3.36. The van der Waals surface area contributed by atoms with Gasteiger partial charge in [-0.2, -0.15) is 0 Å².